The van der Waals surface area contributed by atoms with E-state index in [4.69, 9.17) is 0 Å². The standard InChI is InChI=1S/C11H22F3NO2/c1-9(2)6-10(16)7-15-4-3-5-17-8-11(12,13)14/h9-10,15-16H,3-8H2,1-2H3. The minimum absolute atomic E-state index is 0.0762. The first kappa shape index (κ1) is 16.7. The smallest absolute Gasteiger partial charge is 0.392 e. The molecule has 0 fully saturated rings. The van der Waals surface area contributed by atoms with Crippen LogP contribution in [-0.2, 0) is 4.74 Å². The number of alkyl halides is 3. The molecule has 0 rings (SSSR count). The third kappa shape index (κ3) is 13.6. The average Bonchev–Trinajstić information content (AvgIpc) is 2.13. The monoisotopic (exact) mass is 257 g/mol. The highest BCUT2D eigenvalue weighted by atomic mass is 19.4. The van der Waals surface area contributed by atoms with Crippen LogP contribution in [0.4, 0.5) is 13.2 Å². The highest BCUT2D eigenvalue weighted by molar-refractivity contribution is 4.61. The number of rotatable bonds is 9. The Morgan fingerprint density at radius 2 is 1.94 bits per heavy atom. The average molecular weight is 257 g/mol. The van der Waals surface area contributed by atoms with Crippen LogP contribution in [0, 0.1) is 5.92 Å². The fraction of sp³-hybridized carbons (Fsp3) is 1.00. The summed E-state index contributed by atoms with van der Waals surface area (Å²) in [4.78, 5) is 0. The van der Waals surface area contributed by atoms with Crippen molar-refractivity contribution < 1.29 is 23.0 Å². The molecule has 0 radical (unpaired) electrons. The number of ether oxygens (including phenoxy) is 1. The predicted molar refractivity (Wildman–Crippen MR) is 59.8 cm³/mol. The van der Waals surface area contributed by atoms with E-state index < -0.39 is 18.9 Å². The number of hydrogen-bond donors (Lipinski definition) is 2. The normalized spacial score (nSPS) is 14.3. The zero-order valence-corrected chi connectivity index (χ0v) is 10.4. The molecule has 0 aliphatic carbocycles. The Morgan fingerprint density at radius 1 is 1.29 bits per heavy atom. The minimum atomic E-state index is -4.25. The number of halogens is 3. The van der Waals surface area contributed by atoms with Crippen LogP contribution in [0.15, 0.2) is 0 Å². The molecule has 0 saturated heterocycles. The van der Waals surface area contributed by atoms with Crippen molar-refractivity contribution in [3.05, 3.63) is 0 Å². The Bertz CT molecular complexity index is 186. The first-order valence-electron chi connectivity index (χ1n) is 5.84. The molecule has 0 aromatic heterocycles. The Morgan fingerprint density at radius 3 is 2.47 bits per heavy atom. The van der Waals surface area contributed by atoms with Gasteiger partial charge in [0.15, 0.2) is 0 Å². The van der Waals surface area contributed by atoms with Crippen LogP contribution >= 0.6 is 0 Å². The van der Waals surface area contributed by atoms with Crippen LogP contribution in [0.2, 0.25) is 0 Å². The van der Waals surface area contributed by atoms with E-state index in [2.05, 4.69) is 10.1 Å². The highest BCUT2D eigenvalue weighted by Gasteiger charge is 2.27. The summed E-state index contributed by atoms with van der Waals surface area (Å²) in [5.74, 6) is 0.432. The zero-order chi connectivity index (χ0) is 13.3. The van der Waals surface area contributed by atoms with E-state index in [1.165, 1.54) is 0 Å². The molecule has 0 aromatic rings. The molecule has 0 aliphatic rings. The lowest BCUT2D eigenvalue weighted by atomic mass is 10.1. The van der Waals surface area contributed by atoms with Gasteiger partial charge < -0.3 is 15.2 Å². The van der Waals surface area contributed by atoms with Gasteiger partial charge in [0.05, 0.1) is 6.10 Å². The summed E-state index contributed by atoms with van der Waals surface area (Å²) in [6.07, 6.45) is -3.42. The van der Waals surface area contributed by atoms with Crippen LogP contribution in [-0.4, -0.2) is 43.7 Å². The van der Waals surface area contributed by atoms with Crippen molar-refractivity contribution in [2.75, 3.05) is 26.3 Å². The topological polar surface area (TPSA) is 41.5 Å². The fourth-order valence-electron chi connectivity index (χ4n) is 1.38. The van der Waals surface area contributed by atoms with Crippen molar-refractivity contribution in [3.63, 3.8) is 0 Å². The summed E-state index contributed by atoms with van der Waals surface area (Å²) in [5.41, 5.74) is 0. The Hall–Kier alpha value is -0.330. The van der Waals surface area contributed by atoms with Gasteiger partial charge in [-0.15, -0.1) is 0 Å². The molecule has 6 heteroatoms. The first-order valence-corrected chi connectivity index (χ1v) is 5.84. The van der Waals surface area contributed by atoms with Crippen LogP contribution in [0.3, 0.4) is 0 Å². The van der Waals surface area contributed by atoms with E-state index in [-0.39, 0.29) is 6.61 Å². The summed E-state index contributed by atoms with van der Waals surface area (Å²) in [5, 5.41) is 12.5. The number of nitrogens with one attached hydrogen (secondary N) is 1. The molecule has 1 unspecified atom stereocenters. The van der Waals surface area contributed by atoms with E-state index in [9.17, 15) is 18.3 Å². The number of aliphatic hydroxyl groups is 1. The molecule has 3 nitrogen and oxygen atoms in total. The Balaban J connectivity index is 3.24. The van der Waals surface area contributed by atoms with Crippen LogP contribution < -0.4 is 5.32 Å². The van der Waals surface area contributed by atoms with E-state index in [1.54, 1.807) is 0 Å². The van der Waals surface area contributed by atoms with E-state index in [0.29, 0.717) is 25.4 Å². The lowest BCUT2D eigenvalue weighted by molar-refractivity contribution is -0.173. The van der Waals surface area contributed by atoms with Crippen molar-refractivity contribution in [1.29, 1.82) is 0 Å². The van der Waals surface area contributed by atoms with Crippen LogP contribution in [0.25, 0.3) is 0 Å². The van der Waals surface area contributed by atoms with Crippen molar-refractivity contribution in [2.24, 2.45) is 5.92 Å². The number of aliphatic hydroxyl groups excluding tert-OH is 1. The molecule has 0 heterocycles. The molecule has 0 saturated carbocycles. The van der Waals surface area contributed by atoms with Gasteiger partial charge in [-0.05, 0) is 25.3 Å². The van der Waals surface area contributed by atoms with Crippen molar-refractivity contribution in [2.45, 2.75) is 39.0 Å². The fourth-order valence-corrected chi connectivity index (χ4v) is 1.38. The van der Waals surface area contributed by atoms with Gasteiger partial charge in [-0.2, -0.15) is 13.2 Å². The second kappa shape index (κ2) is 8.72. The van der Waals surface area contributed by atoms with Gasteiger partial charge in [-0.3, -0.25) is 0 Å². The highest BCUT2D eigenvalue weighted by Crippen LogP contribution is 2.14. The maximum atomic E-state index is 11.7. The Kier molecular flexibility index (Phi) is 8.55. The Labute approximate surface area is 100 Å². The minimum Gasteiger partial charge on any atom is -0.392 e. The predicted octanol–water partition coefficient (Wildman–Crippen LogP) is 1.95. The molecule has 0 aromatic carbocycles. The molecule has 1 atom stereocenters. The van der Waals surface area contributed by atoms with Crippen molar-refractivity contribution in [3.8, 4) is 0 Å². The van der Waals surface area contributed by atoms with Gasteiger partial charge >= 0.3 is 6.18 Å². The zero-order valence-electron chi connectivity index (χ0n) is 10.4. The largest absolute Gasteiger partial charge is 0.411 e. The third-order valence-electron chi connectivity index (χ3n) is 2.03. The van der Waals surface area contributed by atoms with E-state index in [1.807, 2.05) is 13.8 Å². The van der Waals surface area contributed by atoms with Gasteiger partial charge in [0.1, 0.15) is 6.61 Å². The van der Waals surface area contributed by atoms with Gasteiger partial charge in [-0.25, -0.2) is 0 Å². The molecule has 17 heavy (non-hydrogen) atoms. The summed E-state index contributed by atoms with van der Waals surface area (Å²) < 4.78 is 39.5. The molecule has 0 aliphatic heterocycles. The van der Waals surface area contributed by atoms with Gasteiger partial charge in [0, 0.05) is 13.2 Å². The van der Waals surface area contributed by atoms with E-state index >= 15 is 0 Å². The molecular formula is C11H22F3NO2. The second-order valence-corrected chi connectivity index (χ2v) is 4.51. The van der Waals surface area contributed by atoms with Gasteiger partial charge in [0.2, 0.25) is 0 Å². The van der Waals surface area contributed by atoms with Gasteiger partial charge in [0.25, 0.3) is 0 Å². The summed E-state index contributed by atoms with van der Waals surface area (Å²) in [6, 6.07) is 0. The van der Waals surface area contributed by atoms with Crippen LogP contribution in [0.5, 0.6) is 0 Å². The number of hydrogen-bond acceptors (Lipinski definition) is 3. The quantitative estimate of drug-likeness (QED) is 0.620. The molecule has 0 bridgehead atoms. The summed E-state index contributed by atoms with van der Waals surface area (Å²) >= 11 is 0. The molecule has 2 N–H and O–H groups in total. The molecular weight excluding hydrogens is 235 g/mol. The molecule has 0 spiro atoms. The lowest BCUT2D eigenvalue weighted by Crippen LogP contribution is -2.29. The molecule has 104 valence electrons. The third-order valence-corrected chi connectivity index (χ3v) is 2.03. The summed E-state index contributed by atoms with van der Waals surface area (Å²) in [6.45, 7) is 3.95. The maximum absolute atomic E-state index is 11.7. The first-order chi connectivity index (χ1) is 7.81. The van der Waals surface area contributed by atoms with Gasteiger partial charge in [-0.1, -0.05) is 13.8 Å². The lowest BCUT2D eigenvalue weighted by Gasteiger charge is -2.13. The maximum Gasteiger partial charge on any atom is 0.411 e. The van der Waals surface area contributed by atoms with Crippen LogP contribution in [0.1, 0.15) is 26.7 Å². The SMILES string of the molecule is CC(C)CC(O)CNCCCOCC(F)(F)F. The van der Waals surface area contributed by atoms with Crippen molar-refractivity contribution >= 4 is 0 Å². The molecule has 0 amide bonds. The van der Waals surface area contributed by atoms with Crippen molar-refractivity contribution in [1.82, 2.24) is 5.32 Å². The summed E-state index contributed by atoms with van der Waals surface area (Å²) in [7, 11) is 0. The van der Waals surface area contributed by atoms with E-state index in [0.717, 1.165) is 6.42 Å². The second-order valence-electron chi connectivity index (χ2n) is 4.51.